The number of ether oxygens (including phenoxy) is 1. The smallest absolute Gasteiger partial charge is 0.298 e. The van der Waals surface area contributed by atoms with Crippen LogP contribution in [0.25, 0.3) is 0 Å². The summed E-state index contributed by atoms with van der Waals surface area (Å²) in [4.78, 5) is 0. The number of anilines is 1. The van der Waals surface area contributed by atoms with Gasteiger partial charge in [0, 0.05) is 13.1 Å². The van der Waals surface area contributed by atoms with Gasteiger partial charge >= 0.3 is 0 Å². The first-order valence-corrected chi connectivity index (χ1v) is 5.55. The van der Waals surface area contributed by atoms with E-state index in [0.29, 0.717) is 5.75 Å². The summed E-state index contributed by atoms with van der Waals surface area (Å²) >= 11 is 0. The monoisotopic (exact) mass is 232 g/mol. The summed E-state index contributed by atoms with van der Waals surface area (Å²) in [5, 5.41) is 9.45. The predicted octanol–water partition coefficient (Wildman–Crippen LogP) is 0.277. The minimum Gasteiger partial charge on any atom is -0.506 e. The van der Waals surface area contributed by atoms with E-state index >= 15 is 0 Å². The molecular formula is C8H12N2O4S. The fraction of sp³-hybridized carbons (Fsp3) is 0.250. The van der Waals surface area contributed by atoms with E-state index in [2.05, 4.69) is 9.44 Å². The highest BCUT2D eigenvalue weighted by Crippen LogP contribution is 2.28. The van der Waals surface area contributed by atoms with Crippen molar-refractivity contribution in [1.82, 2.24) is 4.72 Å². The molecule has 0 atom stereocenters. The lowest BCUT2D eigenvalue weighted by Crippen LogP contribution is -2.26. The highest BCUT2D eigenvalue weighted by atomic mass is 32.2. The molecule has 15 heavy (non-hydrogen) atoms. The molecule has 0 spiro atoms. The standard InChI is InChI=1S/C8H12N2O4S/c1-9-15(12,13)10-7-4-3-6(14-2)5-8(7)11/h3-5,9-11H,1-2H3. The third-order valence-corrected chi connectivity index (χ3v) is 2.74. The number of hydrogen-bond acceptors (Lipinski definition) is 4. The van der Waals surface area contributed by atoms with E-state index in [1.54, 1.807) is 0 Å². The van der Waals surface area contributed by atoms with Gasteiger partial charge in [0.1, 0.15) is 11.5 Å². The number of hydrogen-bond donors (Lipinski definition) is 3. The van der Waals surface area contributed by atoms with Crippen LogP contribution in [0.15, 0.2) is 18.2 Å². The van der Waals surface area contributed by atoms with Gasteiger partial charge in [0.25, 0.3) is 10.2 Å². The molecule has 3 N–H and O–H groups in total. The predicted molar refractivity (Wildman–Crippen MR) is 56.3 cm³/mol. The fourth-order valence-electron chi connectivity index (χ4n) is 0.921. The Bertz CT molecular complexity index is 444. The highest BCUT2D eigenvalue weighted by molar-refractivity contribution is 7.90. The first-order chi connectivity index (χ1) is 6.98. The fourth-order valence-corrected chi connectivity index (χ4v) is 1.48. The molecule has 0 fully saturated rings. The number of aromatic hydroxyl groups is 1. The summed E-state index contributed by atoms with van der Waals surface area (Å²) in [5.74, 6) is 0.244. The van der Waals surface area contributed by atoms with Crippen LogP contribution >= 0.6 is 0 Å². The molecule has 7 heteroatoms. The van der Waals surface area contributed by atoms with Gasteiger partial charge < -0.3 is 9.84 Å². The third kappa shape index (κ3) is 3.00. The molecular weight excluding hydrogens is 220 g/mol. The van der Waals surface area contributed by atoms with Crippen molar-refractivity contribution in [3.05, 3.63) is 18.2 Å². The maximum Gasteiger partial charge on any atom is 0.298 e. The minimum atomic E-state index is -3.62. The summed E-state index contributed by atoms with van der Waals surface area (Å²) < 4.78 is 31.3. The maximum atomic E-state index is 11.1. The number of phenols is 1. The number of phenolic OH excluding ortho intramolecular Hbond substituents is 1. The minimum absolute atomic E-state index is 0.0881. The molecule has 0 aromatic heterocycles. The van der Waals surface area contributed by atoms with E-state index in [1.165, 1.54) is 32.4 Å². The van der Waals surface area contributed by atoms with Gasteiger partial charge in [-0.15, -0.1) is 0 Å². The molecule has 0 radical (unpaired) electrons. The first kappa shape index (κ1) is 11.6. The van der Waals surface area contributed by atoms with Crippen molar-refractivity contribution < 1.29 is 18.3 Å². The third-order valence-electron chi connectivity index (χ3n) is 1.72. The Morgan fingerprint density at radius 2 is 2.07 bits per heavy atom. The molecule has 6 nitrogen and oxygen atoms in total. The van der Waals surface area contributed by atoms with Gasteiger partial charge in [-0.3, -0.25) is 4.72 Å². The maximum absolute atomic E-state index is 11.1. The Labute approximate surface area is 88.1 Å². The second kappa shape index (κ2) is 4.37. The molecule has 0 aliphatic carbocycles. The zero-order valence-electron chi connectivity index (χ0n) is 8.31. The topological polar surface area (TPSA) is 87.7 Å². The van der Waals surface area contributed by atoms with E-state index in [1.807, 2.05) is 0 Å². The van der Waals surface area contributed by atoms with Gasteiger partial charge in [-0.05, 0) is 12.1 Å². The summed E-state index contributed by atoms with van der Waals surface area (Å²) in [6, 6.07) is 4.25. The van der Waals surface area contributed by atoms with E-state index in [-0.39, 0.29) is 11.4 Å². The molecule has 0 aliphatic heterocycles. The average Bonchev–Trinajstić information content (AvgIpc) is 2.21. The van der Waals surface area contributed by atoms with Crippen LogP contribution in [0.1, 0.15) is 0 Å². The number of methoxy groups -OCH3 is 1. The molecule has 1 aromatic rings. The molecule has 1 rings (SSSR count). The number of nitrogens with one attached hydrogen (secondary N) is 2. The van der Waals surface area contributed by atoms with Crippen molar-refractivity contribution in [2.75, 3.05) is 18.9 Å². The first-order valence-electron chi connectivity index (χ1n) is 4.07. The molecule has 0 bridgehead atoms. The molecule has 0 unspecified atom stereocenters. The van der Waals surface area contributed by atoms with Crippen LogP contribution < -0.4 is 14.2 Å². The van der Waals surface area contributed by atoms with Crippen molar-refractivity contribution in [3.8, 4) is 11.5 Å². The van der Waals surface area contributed by atoms with Crippen LogP contribution in [0, 0.1) is 0 Å². The second-order valence-electron chi connectivity index (χ2n) is 2.69. The normalized spacial score (nSPS) is 11.1. The Morgan fingerprint density at radius 3 is 2.53 bits per heavy atom. The lowest BCUT2D eigenvalue weighted by Gasteiger charge is -2.09. The van der Waals surface area contributed by atoms with Crippen molar-refractivity contribution >= 4 is 15.9 Å². The van der Waals surface area contributed by atoms with Crippen LogP contribution in [0.3, 0.4) is 0 Å². The highest BCUT2D eigenvalue weighted by Gasteiger charge is 2.10. The molecule has 0 aliphatic rings. The van der Waals surface area contributed by atoms with Gasteiger partial charge in [0.2, 0.25) is 0 Å². The van der Waals surface area contributed by atoms with Crippen molar-refractivity contribution in [2.24, 2.45) is 0 Å². The van der Waals surface area contributed by atoms with Gasteiger partial charge in [-0.25, -0.2) is 4.72 Å². The lowest BCUT2D eigenvalue weighted by atomic mass is 10.3. The van der Waals surface area contributed by atoms with E-state index in [4.69, 9.17) is 4.74 Å². The zero-order chi connectivity index (χ0) is 11.5. The van der Waals surface area contributed by atoms with E-state index in [9.17, 15) is 13.5 Å². The molecule has 1 aromatic carbocycles. The Morgan fingerprint density at radius 1 is 1.40 bits per heavy atom. The largest absolute Gasteiger partial charge is 0.506 e. The Kier molecular flexibility index (Phi) is 3.38. The van der Waals surface area contributed by atoms with Crippen LogP contribution in [0.4, 0.5) is 5.69 Å². The SMILES string of the molecule is CNS(=O)(=O)Nc1ccc(OC)cc1O. The quantitative estimate of drug-likeness (QED) is 0.650. The number of benzene rings is 1. The van der Waals surface area contributed by atoms with Crippen molar-refractivity contribution in [3.63, 3.8) is 0 Å². The molecule has 0 heterocycles. The lowest BCUT2D eigenvalue weighted by molar-refractivity contribution is 0.408. The van der Waals surface area contributed by atoms with Gasteiger partial charge in [0.05, 0.1) is 12.8 Å². The van der Waals surface area contributed by atoms with Crippen LogP contribution in [-0.2, 0) is 10.2 Å². The zero-order valence-corrected chi connectivity index (χ0v) is 9.13. The van der Waals surface area contributed by atoms with Gasteiger partial charge in [-0.2, -0.15) is 8.42 Å². The molecule has 0 amide bonds. The van der Waals surface area contributed by atoms with E-state index in [0.717, 1.165) is 0 Å². The van der Waals surface area contributed by atoms with Crippen LogP contribution in [0.5, 0.6) is 11.5 Å². The van der Waals surface area contributed by atoms with Crippen molar-refractivity contribution in [2.45, 2.75) is 0 Å². The Balaban J connectivity index is 2.97. The summed E-state index contributed by atoms with van der Waals surface area (Å²) in [7, 11) is -0.898. The van der Waals surface area contributed by atoms with E-state index < -0.39 is 10.2 Å². The summed E-state index contributed by atoms with van der Waals surface area (Å²) in [6.07, 6.45) is 0. The van der Waals surface area contributed by atoms with Gasteiger partial charge in [0.15, 0.2) is 0 Å². The van der Waals surface area contributed by atoms with Crippen LogP contribution in [0.2, 0.25) is 0 Å². The average molecular weight is 232 g/mol. The van der Waals surface area contributed by atoms with Gasteiger partial charge in [-0.1, -0.05) is 0 Å². The number of rotatable bonds is 4. The summed E-state index contributed by atoms with van der Waals surface area (Å²) in [5.41, 5.74) is 0.0881. The van der Waals surface area contributed by atoms with Crippen LogP contribution in [-0.4, -0.2) is 27.7 Å². The molecule has 0 saturated heterocycles. The molecule has 0 saturated carbocycles. The molecule has 84 valence electrons. The second-order valence-corrected chi connectivity index (χ2v) is 4.31. The Hall–Kier alpha value is -1.47. The summed E-state index contributed by atoms with van der Waals surface area (Å²) in [6.45, 7) is 0. The van der Waals surface area contributed by atoms with Crippen molar-refractivity contribution in [1.29, 1.82) is 0 Å².